The molecule has 0 aliphatic carbocycles. The van der Waals surface area contributed by atoms with Gasteiger partial charge in [-0.3, -0.25) is 0 Å². The van der Waals surface area contributed by atoms with E-state index in [0.717, 1.165) is 36.8 Å². The zero-order valence-electron chi connectivity index (χ0n) is 20.3. The molecule has 0 amide bonds. The van der Waals surface area contributed by atoms with E-state index in [1.165, 1.54) is 0 Å². The van der Waals surface area contributed by atoms with Crippen molar-refractivity contribution in [3.05, 3.63) is 155 Å². The van der Waals surface area contributed by atoms with Crippen LogP contribution in [-0.4, -0.2) is 0 Å². The van der Waals surface area contributed by atoms with Crippen molar-refractivity contribution in [3.63, 3.8) is 0 Å². The molecule has 5 aromatic rings. The maximum absolute atomic E-state index is 14.7. The van der Waals surface area contributed by atoms with E-state index in [1.807, 2.05) is 133 Å². The molecule has 2 nitrogen and oxygen atoms in total. The highest BCUT2D eigenvalue weighted by atomic mass is 79.9. The molecule has 37 heavy (non-hydrogen) atoms. The summed E-state index contributed by atoms with van der Waals surface area (Å²) >= 11 is 3.71. The summed E-state index contributed by atoms with van der Waals surface area (Å²) in [4.78, 5) is 0. The minimum absolute atomic E-state index is 0.371. The summed E-state index contributed by atoms with van der Waals surface area (Å²) < 4.78 is 30.2. The number of rotatable bonds is 8. The lowest BCUT2D eigenvalue weighted by molar-refractivity contribution is 0.586. The van der Waals surface area contributed by atoms with Crippen LogP contribution in [0.5, 0.6) is 0 Å². The molecule has 0 radical (unpaired) electrons. The number of halogens is 1. The van der Waals surface area contributed by atoms with E-state index < -0.39 is 14.3 Å². The Bertz CT molecular complexity index is 1480. The monoisotopic (exact) mass is 584 g/mol. The third kappa shape index (κ3) is 5.51. The van der Waals surface area contributed by atoms with Crippen molar-refractivity contribution in [2.24, 2.45) is 0 Å². The standard InChI is InChI=1S/C32H27BrO2P2/c33-32-22-21-26(24-36(34,28-13-5-1-6-14-28)29-15-7-2-8-16-29)23-27(32)25-37(35,30-17-9-3-10-18-30)31-19-11-4-12-20-31/h1-23H,24-25H2. The Morgan fingerprint density at radius 1 is 0.459 bits per heavy atom. The average molecular weight is 585 g/mol. The zero-order valence-corrected chi connectivity index (χ0v) is 23.7. The highest BCUT2D eigenvalue weighted by molar-refractivity contribution is 9.10. The van der Waals surface area contributed by atoms with Gasteiger partial charge in [0, 0.05) is 38.0 Å². The molecular formula is C32H27BrO2P2. The topological polar surface area (TPSA) is 34.1 Å². The van der Waals surface area contributed by atoms with Crippen molar-refractivity contribution in [1.29, 1.82) is 0 Å². The number of hydrogen-bond acceptors (Lipinski definition) is 2. The predicted octanol–water partition coefficient (Wildman–Crippen LogP) is 7.48. The van der Waals surface area contributed by atoms with Crippen molar-refractivity contribution >= 4 is 51.4 Å². The van der Waals surface area contributed by atoms with Crippen LogP contribution in [0.15, 0.2) is 144 Å². The second kappa shape index (κ2) is 11.2. The van der Waals surface area contributed by atoms with E-state index in [1.54, 1.807) is 0 Å². The molecule has 0 spiro atoms. The average Bonchev–Trinajstić information content (AvgIpc) is 2.96. The molecule has 0 heterocycles. The first-order valence-corrected chi connectivity index (χ1v) is 16.7. The SMILES string of the molecule is O=P(Cc1ccc(Br)c(CP(=O)(c2ccccc2)c2ccccc2)c1)(c1ccccc1)c1ccccc1. The fraction of sp³-hybridized carbons (Fsp3) is 0.0625. The van der Waals surface area contributed by atoms with Gasteiger partial charge in [-0.05, 0) is 17.2 Å². The first-order valence-electron chi connectivity index (χ1n) is 12.2. The van der Waals surface area contributed by atoms with Crippen molar-refractivity contribution < 1.29 is 9.13 Å². The van der Waals surface area contributed by atoms with E-state index in [2.05, 4.69) is 22.0 Å². The lowest BCUT2D eigenvalue weighted by Crippen LogP contribution is -2.18. The Morgan fingerprint density at radius 2 is 0.811 bits per heavy atom. The van der Waals surface area contributed by atoms with E-state index in [-0.39, 0.29) is 0 Å². The third-order valence-electron chi connectivity index (χ3n) is 6.60. The fourth-order valence-corrected chi connectivity index (χ4v) is 10.7. The maximum atomic E-state index is 14.7. The van der Waals surface area contributed by atoms with Gasteiger partial charge < -0.3 is 9.13 Å². The van der Waals surface area contributed by atoms with Crippen molar-refractivity contribution in [2.45, 2.75) is 12.3 Å². The molecule has 0 atom stereocenters. The van der Waals surface area contributed by atoms with Crippen LogP contribution in [-0.2, 0) is 21.5 Å². The Balaban J connectivity index is 1.57. The smallest absolute Gasteiger partial charge is 0.147 e. The lowest BCUT2D eigenvalue weighted by Gasteiger charge is -2.22. The van der Waals surface area contributed by atoms with Gasteiger partial charge >= 0.3 is 0 Å². The van der Waals surface area contributed by atoms with Crippen LogP contribution in [0.4, 0.5) is 0 Å². The minimum atomic E-state index is -2.96. The molecule has 0 saturated carbocycles. The quantitative estimate of drug-likeness (QED) is 0.177. The van der Waals surface area contributed by atoms with Gasteiger partial charge in [-0.15, -0.1) is 0 Å². The molecule has 0 aliphatic rings. The van der Waals surface area contributed by atoms with Gasteiger partial charge in [-0.25, -0.2) is 0 Å². The molecule has 5 heteroatoms. The van der Waals surface area contributed by atoms with Crippen LogP contribution in [0.3, 0.4) is 0 Å². The van der Waals surface area contributed by atoms with Gasteiger partial charge in [0.2, 0.25) is 0 Å². The van der Waals surface area contributed by atoms with Crippen LogP contribution < -0.4 is 21.2 Å². The lowest BCUT2D eigenvalue weighted by atomic mass is 10.2. The molecule has 0 N–H and O–H groups in total. The van der Waals surface area contributed by atoms with Crippen LogP contribution in [0.1, 0.15) is 11.1 Å². The largest absolute Gasteiger partial charge is 0.313 e. The first-order chi connectivity index (χ1) is 18.0. The Labute approximate surface area is 227 Å². The number of hydrogen-bond donors (Lipinski definition) is 0. The summed E-state index contributed by atoms with van der Waals surface area (Å²) in [5.74, 6) is 0. The summed E-state index contributed by atoms with van der Waals surface area (Å²) in [7, 11) is -5.89. The predicted molar refractivity (Wildman–Crippen MR) is 161 cm³/mol. The molecule has 5 aromatic carbocycles. The third-order valence-corrected chi connectivity index (χ3v) is 13.5. The molecule has 0 saturated heterocycles. The van der Waals surface area contributed by atoms with Crippen molar-refractivity contribution in [3.8, 4) is 0 Å². The van der Waals surface area contributed by atoms with Gasteiger partial charge in [0.25, 0.3) is 0 Å². The summed E-state index contributed by atoms with van der Waals surface area (Å²) in [5.41, 5.74) is 1.91. The second-order valence-corrected chi connectivity index (χ2v) is 15.6. The summed E-state index contributed by atoms with van der Waals surface area (Å²) in [6.45, 7) is 0. The highest BCUT2D eigenvalue weighted by Gasteiger charge is 2.30. The highest BCUT2D eigenvalue weighted by Crippen LogP contribution is 2.50. The van der Waals surface area contributed by atoms with E-state index >= 15 is 0 Å². The Hall–Kier alpha value is -2.96. The maximum Gasteiger partial charge on any atom is 0.147 e. The van der Waals surface area contributed by atoms with Gasteiger partial charge in [0.1, 0.15) is 14.3 Å². The minimum Gasteiger partial charge on any atom is -0.313 e. The van der Waals surface area contributed by atoms with Crippen molar-refractivity contribution in [1.82, 2.24) is 0 Å². The van der Waals surface area contributed by atoms with Crippen LogP contribution in [0.25, 0.3) is 0 Å². The van der Waals surface area contributed by atoms with E-state index in [0.29, 0.717) is 12.3 Å². The van der Waals surface area contributed by atoms with Gasteiger partial charge in [-0.1, -0.05) is 149 Å². The normalized spacial score (nSPS) is 11.8. The molecule has 0 unspecified atom stereocenters. The first kappa shape index (κ1) is 25.7. The summed E-state index contributed by atoms with van der Waals surface area (Å²) in [5, 5.41) is 3.34. The van der Waals surface area contributed by atoms with Crippen LogP contribution in [0, 0.1) is 0 Å². The second-order valence-electron chi connectivity index (χ2n) is 9.06. The van der Waals surface area contributed by atoms with Crippen molar-refractivity contribution in [2.75, 3.05) is 0 Å². The van der Waals surface area contributed by atoms with Gasteiger partial charge in [0.05, 0.1) is 0 Å². The van der Waals surface area contributed by atoms with Gasteiger partial charge in [0.15, 0.2) is 0 Å². The Kier molecular flexibility index (Phi) is 7.77. The van der Waals surface area contributed by atoms with Gasteiger partial charge in [-0.2, -0.15) is 0 Å². The van der Waals surface area contributed by atoms with E-state index in [9.17, 15) is 9.13 Å². The van der Waals surface area contributed by atoms with E-state index in [4.69, 9.17) is 0 Å². The molecule has 184 valence electrons. The molecular weight excluding hydrogens is 558 g/mol. The molecule has 0 bridgehead atoms. The zero-order chi connectivity index (χ0) is 25.7. The molecule has 0 aromatic heterocycles. The molecule has 0 fully saturated rings. The fourth-order valence-electron chi connectivity index (χ4n) is 4.68. The molecule has 0 aliphatic heterocycles. The number of benzene rings is 5. The summed E-state index contributed by atoms with van der Waals surface area (Å²) in [6, 6.07) is 45.0. The van der Waals surface area contributed by atoms with Crippen LogP contribution in [0.2, 0.25) is 0 Å². The Morgan fingerprint density at radius 3 is 1.19 bits per heavy atom. The molecule has 5 rings (SSSR count). The summed E-state index contributed by atoms with van der Waals surface area (Å²) in [6.07, 6.45) is 0.763. The van der Waals surface area contributed by atoms with Crippen LogP contribution >= 0.6 is 30.2 Å².